The number of para-hydroxylation sites is 1. The van der Waals surface area contributed by atoms with Gasteiger partial charge >= 0.3 is 0 Å². The molecule has 0 bridgehead atoms. The first-order valence-electron chi connectivity index (χ1n) is 6.61. The summed E-state index contributed by atoms with van der Waals surface area (Å²) in [7, 11) is -1.98. The van der Waals surface area contributed by atoms with Gasteiger partial charge in [0.2, 0.25) is 10.0 Å². The molecule has 1 aromatic carbocycles. The summed E-state index contributed by atoms with van der Waals surface area (Å²) in [5.74, 6) is 0.814. The van der Waals surface area contributed by atoms with E-state index in [1.54, 1.807) is 28.6 Å². The Hall–Kier alpha value is -1.07. The Labute approximate surface area is 115 Å². The van der Waals surface area contributed by atoms with Gasteiger partial charge in [0.05, 0.1) is 7.11 Å². The standard InChI is InChI=1S/C14H21NO3S/c1-11-8-9-12(2)15(10-11)19(16,17)14-7-5-4-6-13(14)18-3/h4-7,11-12H,8-10H2,1-3H3/t11-,12-/m1/s1. The van der Waals surface area contributed by atoms with Crippen LogP contribution in [0.1, 0.15) is 26.7 Å². The number of ether oxygens (including phenoxy) is 1. The van der Waals surface area contributed by atoms with Gasteiger partial charge in [0.15, 0.2) is 0 Å². The summed E-state index contributed by atoms with van der Waals surface area (Å²) in [6.45, 7) is 4.65. The Morgan fingerprint density at radius 2 is 1.89 bits per heavy atom. The van der Waals surface area contributed by atoms with Gasteiger partial charge in [-0.2, -0.15) is 4.31 Å². The van der Waals surface area contributed by atoms with E-state index in [0.29, 0.717) is 18.2 Å². The van der Waals surface area contributed by atoms with Crippen LogP contribution in [0.25, 0.3) is 0 Å². The molecule has 0 amide bonds. The van der Waals surface area contributed by atoms with Crippen LogP contribution in [-0.4, -0.2) is 32.4 Å². The van der Waals surface area contributed by atoms with Crippen molar-refractivity contribution in [3.8, 4) is 5.75 Å². The van der Waals surface area contributed by atoms with E-state index in [1.807, 2.05) is 6.92 Å². The largest absolute Gasteiger partial charge is 0.495 e. The maximum Gasteiger partial charge on any atom is 0.247 e. The van der Waals surface area contributed by atoms with Crippen molar-refractivity contribution in [3.63, 3.8) is 0 Å². The van der Waals surface area contributed by atoms with Gasteiger partial charge in [0, 0.05) is 12.6 Å². The normalized spacial score (nSPS) is 25.2. The molecule has 0 aliphatic carbocycles. The zero-order valence-corrected chi connectivity index (χ0v) is 12.5. The average Bonchev–Trinajstić information content (AvgIpc) is 2.41. The minimum absolute atomic E-state index is 0.0473. The Bertz CT molecular complexity index is 541. The lowest BCUT2D eigenvalue weighted by Crippen LogP contribution is -2.44. The highest BCUT2D eigenvalue weighted by Gasteiger charge is 2.34. The number of rotatable bonds is 3. The van der Waals surface area contributed by atoms with Crippen LogP contribution >= 0.6 is 0 Å². The third kappa shape index (κ3) is 2.77. The Kier molecular flexibility index (Phi) is 4.16. The lowest BCUT2D eigenvalue weighted by atomic mass is 9.97. The molecule has 1 aromatic rings. The van der Waals surface area contributed by atoms with Crippen molar-refractivity contribution in [1.29, 1.82) is 0 Å². The lowest BCUT2D eigenvalue weighted by Gasteiger charge is -2.35. The van der Waals surface area contributed by atoms with Crippen molar-refractivity contribution < 1.29 is 13.2 Å². The summed E-state index contributed by atoms with van der Waals surface area (Å²) in [6.07, 6.45) is 1.99. The highest BCUT2D eigenvalue weighted by molar-refractivity contribution is 7.89. The van der Waals surface area contributed by atoms with Crippen LogP contribution in [0.2, 0.25) is 0 Å². The first kappa shape index (κ1) is 14.3. The third-order valence-corrected chi connectivity index (χ3v) is 5.74. The molecule has 2 rings (SSSR count). The number of hydrogen-bond acceptors (Lipinski definition) is 3. The van der Waals surface area contributed by atoms with Gasteiger partial charge in [-0.15, -0.1) is 0 Å². The van der Waals surface area contributed by atoms with Crippen molar-refractivity contribution in [2.75, 3.05) is 13.7 Å². The Balaban J connectivity index is 2.41. The summed E-state index contributed by atoms with van der Waals surface area (Å²) in [5.41, 5.74) is 0. The average molecular weight is 283 g/mol. The molecule has 0 saturated carbocycles. The zero-order valence-electron chi connectivity index (χ0n) is 11.7. The number of nitrogens with zero attached hydrogens (tertiary/aromatic N) is 1. The van der Waals surface area contributed by atoms with Crippen LogP contribution in [0, 0.1) is 5.92 Å². The molecule has 0 spiro atoms. The minimum Gasteiger partial charge on any atom is -0.495 e. The van der Waals surface area contributed by atoms with Crippen molar-refractivity contribution in [2.24, 2.45) is 5.92 Å². The van der Waals surface area contributed by atoms with E-state index in [1.165, 1.54) is 7.11 Å². The predicted octanol–water partition coefficient (Wildman–Crippen LogP) is 2.50. The first-order valence-corrected chi connectivity index (χ1v) is 8.05. The first-order chi connectivity index (χ1) is 8.96. The highest BCUT2D eigenvalue weighted by atomic mass is 32.2. The summed E-state index contributed by atoms with van der Waals surface area (Å²) < 4.78 is 32.3. The SMILES string of the molecule is COc1ccccc1S(=O)(=O)N1C[C@H](C)CC[C@H]1C. The fourth-order valence-corrected chi connectivity index (χ4v) is 4.48. The van der Waals surface area contributed by atoms with Crippen molar-refractivity contribution in [3.05, 3.63) is 24.3 Å². The van der Waals surface area contributed by atoms with E-state index in [-0.39, 0.29) is 10.9 Å². The zero-order chi connectivity index (χ0) is 14.0. The molecule has 1 aliphatic rings. The Morgan fingerprint density at radius 1 is 1.21 bits per heavy atom. The second kappa shape index (κ2) is 5.51. The van der Waals surface area contributed by atoms with Gasteiger partial charge in [-0.3, -0.25) is 0 Å². The fourth-order valence-electron chi connectivity index (χ4n) is 2.54. The molecule has 4 nitrogen and oxygen atoms in total. The van der Waals surface area contributed by atoms with Gasteiger partial charge < -0.3 is 4.74 Å². The van der Waals surface area contributed by atoms with Crippen molar-refractivity contribution >= 4 is 10.0 Å². The number of methoxy groups -OCH3 is 1. The molecule has 0 unspecified atom stereocenters. The summed E-state index contributed by atoms with van der Waals surface area (Å²) in [6, 6.07) is 6.85. The van der Waals surface area contributed by atoms with Crippen molar-refractivity contribution in [1.82, 2.24) is 4.31 Å². The number of hydrogen-bond donors (Lipinski definition) is 0. The minimum atomic E-state index is -3.48. The molecule has 2 atom stereocenters. The van der Waals surface area contributed by atoms with E-state index in [2.05, 4.69) is 6.92 Å². The second-order valence-electron chi connectivity index (χ2n) is 5.26. The molecule has 0 N–H and O–H groups in total. The van der Waals surface area contributed by atoms with E-state index in [0.717, 1.165) is 12.8 Å². The lowest BCUT2D eigenvalue weighted by molar-refractivity contribution is 0.217. The summed E-state index contributed by atoms with van der Waals surface area (Å²) >= 11 is 0. The van der Waals surface area contributed by atoms with Crippen LogP contribution in [-0.2, 0) is 10.0 Å². The number of piperidine rings is 1. The monoisotopic (exact) mass is 283 g/mol. The molecule has 1 heterocycles. The fraction of sp³-hybridized carbons (Fsp3) is 0.571. The number of benzene rings is 1. The van der Waals surface area contributed by atoms with Crippen LogP contribution in [0.15, 0.2) is 29.2 Å². The Morgan fingerprint density at radius 3 is 2.58 bits per heavy atom. The molecule has 1 aliphatic heterocycles. The third-order valence-electron chi connectivity index (χ3n) is 3.72. The van der Waals surface area contributed by atoms with Crippen LogP contribution in [0.5, 0.6) is 5.75 Å². The van der Waals surface area contributed by atoms with Crippen LogP contribution < -0.4 is 4.74 Å². The van der Waals surface area contributed by atoms with Crippen molar-refractivity contribution in [2.45, 2.75) is 37.6 Å². The molecule has 0 aromatic heterocycles. The van der Waals surface area contributed by atoms with Crippen LogP contribution in [0.4, 0.5) is 0 Å². The topological polar surface area (TPSA) is 46.6 Å². The molecule has 19 heavy (non-hydrogen) atoms. The van der Waals surface area contributed by atoms with E-state index in [9.17, 15) is 8.42 Å². The van der Waals surface area contributed by atoms with E-state index < -0.39 is 10.0 Å². The molecule has 106 valence electrons. The maximum absolute atomic E-state index is 12.8. The molecule has 5 heteroatoms. The van der Waals surface area contributed by atoms with E-state index in [4.69, 9.17) is 4.74 Å². The molecule has 1 saturated heterocycles. The van der Waals surface area contributed by atoms with Gasteiger partial charge in [-0.1, -0.05) is 19.1 Å². The quantitative estimate of drug-likeness (QED) is 0.856. The van der Waals surface area contributed by atoms with Gasteiger partial charge in [-0.05, 0) is 37.8 Å². The van der Waals surface area contributed by atoms with Gasteiger partial charge in [0.1, 0.15) is 10.6 Å². The van der Waals surface area contributed by atoms with E-state index >= 15 is 0 Å². The van der Waals surface area contributed by atoms with Crippen LogP contribution in [0.3, 0.4) is 0 Å². The smallest absolute Gasteiger partial charge is 0.247 e. The number of sulfonamides is 1. The molecule has 0 radical (unpaired) electrons. The predicted molar refractivity (Wildman–Crippen MR) is 74.7 cm³/mol. The maximum atomic E-state index is 12.8. The summed E-state index contributed by atoms with van der Waals surface area (Å²) in [4.78, 5) is 0.262. The molecule has 1 fully saturated rings. The van der Waals surface area contributed by atoms with Gasteiger partial charge in [0.25, 0.3) is 0 Å². The highest BCUT2D eigenvalue weighted by Crippen LogP contribution is 2.31. The molecular formula is C14H21NO3S. The second-order valence-corrected chi connectivity index (χ2v) is 7.12. The van der Waals surface area contributed by atoms with Gasteiger partial charge in [-0.25, -0.2) is 8.42 Å². The summed E-state index contributed by atoms with van der Waals surface area (Å²) in [5, 5.41) is 0. The molecular weight excluding hydrogens is 262 g/mol.